The van der Waals surface area contributed by atoms with Crippen molar-refractivity contribution in [1.29, 1.82) is 0 Å². The highest BCUT2D eigenvalue weighted by molar-refractivity contribution is 5.18. The van der Waals surface area contributed by atoms with E-state index in [4.69, 9.17) is 42.6 Å². The normalized spacial score (nSPS) is 25.7. The highest BCUT2D eigenvalue weighted by Crippen LogP contribution is 2.40. The van der Waals surface area contributed by atoms with Crippen LogP contribution in [0.1, 0.15) is 33.4 Å². The minimum Gasteiger partial charge on any atom is -0.390 e. The fourth-order valence-corrected chi connectivity index (χ4v) is 8.85. The van der Waals surface area contributed by atoms with E-state index in [1.165, 1.54) is 0 Å². The van der Waals surface area contributed by atoms with E-state index in [-0.39, 0.29) is 39.6 Å². The number of methoxy groups -OCH3 is 1. The van der Waals surface area contributed by atoms with Crippen LogP contribution in [0.4, 0.5) is 0 Å². The van der Waals surface area contributed by atoms with E-state index in [1.54, 1.807) is 7.11 Å². The van der Waals surface area contributed by atoms with Gasteiger partial charge in [-0.15, -0.1) is 0 Å². The number of ether oxygens (including phenoxy) is 9. The van der Waals surface area contributed by atoms with E-state index in [0.717, 1.165) is 33.4 Å². The summed E-state index contributed by atoms with van der Waals surface area (Å²) in [7, 11) is 1.55. The minimum atomic E-state index is -1.44. The molecule has 2 aliphatic heterocycles. The average Bonchev–Trinajstić information content (AvgIpc) is 3.38. The molecule has 67 heavy (non-hydrogen) atoms. The Labute approximate surface area is 394 Å². The standard InChI is InChI=1S/C56H62O11/c1-59-56-53(64-36-44-28-16-6-17-29-44)48(51(62-34-42-24-12-4-13-25-42)46(67-56)38-60-32-40-20-8-2-9-21-40)49(57)54-50(58)55(65-37-45-30-18-7-19-31-45)52(63-35-43-26-14-5-15-27-43)47(66-54)39-61-33-41-22-10-3-11-23-41/h2-31,46-58H,32-39H2,1H3/t46-,47-,48+,49+,50+,51+,52+,53-,54+,55-,56+/m1/s1. The Hall–Kier alpha value is -5.12. The zero-order valence-electron chi connectivity index (χ0n) is 37.9. The Morgan fingerprint density at radius 3 is 1.13 bits per heavy atom. The van der Waals surface area contributed by atoms with E-state index in [0.29, 0.717) is 13.2 Å². The van der Waals surface area contributed by atoms with Gasteiger partial charge in [-0.05, 0) is 33.4 Å². The molecule has 0 amide bonds. The summed E-state index contributed by atoms with van der Waals surface area (Å²) in [5.41, 5.74) is 5.67. The van der Waals surface area contributed by atoms with Crippen molar-refractivity contribution in [3.8, 4) is 0 Å². The third kappa shape index (κ3) is 13.5. The van der Waals surface area contributed by atoms with Gasteiger partial charge >= 0.3 is 0 Å². The van der Waals surface area contributed by atoms with Crippen LogP contribution in [0.15, 0.2) is 182 Å². The smallest absolute Gasteiger partial charge is 0.184 e. The molecule has 2 aliphatic rings. The maximum absolute atomic E-state index is 13.2. The molecule has 6 aromatic rings. The van der Waals surface area contributed by atoms with Crippen molar-refractivity contribution in [3.63, 3.8) is 0 Å². The van der Waals surface area contributed by atoms with Crippen LogP contribution in [0.5, 0.6) is 0 Å². The first-order valence-corrected chi connectivity index (χ1v) is 23.1. The summed E-state index contributed by atoms with van der Waals surface area (Å²) < 4.78 is 59.5. The third-order valence-electron chi connectivity index (χ3n) is 12.3. The number of aliphatic hydroxyl groups is 2. The van der Waals surface area contributed by atoms with E-state index in [2.05, 4.69) is 0 Å². The molecule has 0 spiro atoms. The molecule has 0 saturated carbocycles. The second-order valence-corrected chi connectivity index (χ2v) is 17.0. The van der Waals surface area contributed by atoms with Gasteiger partial charge in [0.2, 0.25) is 0 Å². The lowest BCUT2D eigenvalue weighted by Crippen LogP contribution is -2.68. The SMILES string of the molecule is CO[C@H]1O[C@H](COCc2ccccc2)[C@H](OCc2ccccc2)[C@H]([C@H](O)[C@@H]2O[C@H](COCc3ccccc3)[C@H](OCc3ccccc3)[C@H](OCc3ccccc3)[C@H]2O)[C@H]1OCc1ccccc1. The molecule has 0 aliphatic carbocycles. The molecule has 2 fully saturated rings. The molecule has 11 heteroatoms. The van der Waals surface area contributed by atoms with Gasteiger partial charge in [-0.1, -0.05) is 182 Å². The van der Waals surface area contributed by atoms with E-state index in [1.807, 2.05) is 182 Å². The summed E-state index contributed by atoms with van der Waals surface area (Å²) in [4.78, 5) is 0. The fourth-order valence-electron chi connectivity index (χ4n) is 8.85. The molecular weight excluding hydrogens is 849 g/mol. The Bertz CT molecular complexity index is 2260. The van der Waals surface area contributed by atoms with E-state index >= 15 is 0 Å². The van der Waals surface area contributed by atoms with Crippen molar-refractivity contribution in [1.82, 2.24) is 0 Å². The Morgan fingerprint density at radius 2 is 0.746 bits per heavy atom. The van der Waals surface area contributed by atoms with Gasteiger partial charge in [0, 0.05) is 13.0 Å². The van der Waals surface area contributed by atoms with Crippen LogP contribution in [-0.2, 0) is 82.3 Å². The second kappa shape index (κ2) is 25.3. The zero-order chi connectivity index (χ0) is 46.0. The van der Waals surface area contributed by atoms with E-state index in [9.17, 15) is 10.2 Å². The van der Waals surface area contributed by atoms with Crippen molar-refractivity contribution in [2.24, 2.45) is 5.92 Å². The molecule has 2 saturated heterocycles. The van der Waals surface area contributed by atoms with Crippen molar-refractivity contribution < 1.29 is 52.8 Å². The summed E-state index contributed by atoms with van der Waals surface area (Å²) in [6.07, 6.45) is -10.1. The summed E-state index contributed by atoms with van der Waals surface area (Å²) in [6.45, 7) is 1.57. The zero-order valence-corrected chi connectivity index (χ0v) is 37.9. The lowest BCUT2D eigenvalue weighted by molar-refractivity contribution is -0.332. The molecule has 8 rings (SSSR count). The monoisotopic (exact) mass is 910 g/mol. The molecule has 0 aromatic heterocycles. The van der Waals surface area contributed by atoms with Gasteiger partial charge in [-0.2, -0.15) is 0 Å². The van der Waals surface area contributed by atoms with E-state index < -0.39 is 67.1 Å². The molecular formula is C56H62O11. The van der Waals surface area contributed by atoms with Gasteiger partial charge in [0.15, 0.2) is 6.29 Å². The summed E-state index contributed by atoms with van der Waals surface area (Å²) >= 11 is 0. The fraction of sp³-hybridized carbons (Fsp3) is 0.357. The predicted octanol–water partition coefficient (Wildman–Crippen LogP) is 8.24. The Morgan fingerprint density at radius 1 is 0.418 bits per heavy atom. The lowest BCUT2D eigenvalue weighted by atomic mass is 9.78. The van der Waals surface area contributed by atoms with Crippen LogP contribution in [-0.4, -0.2) is 91.8 Å². The highest BCUT2D eigenvalue weighted by Gasteiger charge is 2.57. The Kier molecular flexibility index (Phi) is 18.3. The van der Waals surface area contributed by atoms with Gasteiger partial charge in [0.05, 0.1) is 65.1 Å². The number of benzene rings is 6. The number of rotatable bonds is 23. The summed E-state index contributed by atoms with van der Waals surface area (Å²) in [5.74, 6) is -0.904. The van der Waals surface area contributed by atoms with Crippen LogP contribution < -0.4 is 0 Å². The van der Waals surface area contributed by atoms with Gasteiger partial charge in [-0.3, -0.25) is 0 Å². The Balaban J connectivity index is 1.15. The molecule has 2 N–H and O–H groups in total. The summed E-state index contributed by atoms with van der Waals surface area (Å²) in [5, 5.41) is 26.0. The molecule has 6 aromatic carbocycles. The van der Waals surface area contributed by atoms with Crippen LogP contribution in [0.25, 0.3) is 0 Å². The first-order valence-electron chi connectivity index (χ1n) is 23.1. The van der Waals surface area contributed by atoms with Crippen LogP contribution in [0.2, 0.25) is 0 Å². The predicted molar refractivity (Wildman–Crippen MR) is 252 cm³/mol. The maximum atomic E-state index is 13.2. The van der Waals surface area contributed by atoms with Crippen molar-refractivity contribution >= 4 is 0 Å². The quantitative estimate of drug-likeness (QED) is 0.0647. The van der Waals surface area contributed by atoms with Crippen LogP contribution in [0.3, 0.4) is 0 Å². The number of aliphatic hydroxyl groups excluding tert-OH is 2. The summed E-state index contributed by atoms with van der Waals surface area (Å²) in [6, 6.07) is 58.9. The second-order valence-electron chi connectivity index (χ2n) is 17.0. The van der Waals surface area contributed by atoms with Crippen LogP contribution in [0, 0.1) is 5.92 Å². The lowest BCUT2D eigenvalue weighted by Gasteiger charge is -2.51. The number of hydrogen-bond acceptors (Lipinski definition) is 11. The van der Waals surface area contributed by atoms with Crippen molar-refractivity contribution in [3.05, 3.63) is 215 Å². The maximum Gasteiger partial charge on any atom is 0.184 e. The first kappa shape index (κ1) is 48.3. The van der Waals surface area contributed by atoms with Gasteiger partial charge in [0.1, 0.15) is 42.7 Å². The molecule has 2 heterocycles. The molecule has 352 valence electrons. The third-order valence-corrected chi connectivity index (χ3v) is 12.3. The van der Waals surface area contributed by atoms with Gasteiger partial charge < -0.3 is 52.8 Å². The van der Waals surface area contributed by atoms with Crippen molar-refractivity contribution in [2.45, 2.75) is 101 Å². The van der Waals surface area contributed by atoms with Gasteiger partial charge in [0.25, 0.3) is 0 Å². The first-order chi connectivity index (χ1) is 33.0. The molecule has 0 bridgehead atoms. The molecule has 11 nitrogen and oxygen atoms in total. The number of hydrogen-bond donors (Lipinski definition) is 2. The molecule has 0 unspecified atom stereocenters. The molecule has 11 atom stereocenters. The minimum absolute atomic E-state index is 0.0712. The van der Waals surface area contributed by atoms with Crippen molar-refractivity contribution in [2.75, 3.05) is 20.3 Å². The highest BCUT2D eigenvalue weighted by atomic mass is 16.7. The molecule has 0 radical (unpaired) electrons. The van der Waals surface area contributed by atoms with Crippen LogP contribution >= 0.6 is 0 Å². The topological polar surface area (TPSA) is 124 Å². The van der Waals surface area contributed by atoms with Gasteiger partial charge in [-0.25, -0.2) is 0 Å². The average molecular weight is 911 g/mol. The largest absolute Gasteiger partial charge is 0.390 e.